The monoisotopic (exact) mass is 370 g/mol. The van der Waals surface area contributed by atoms with Crippen LogP contribution in [0.15, 0.2) is 36.0 Å². The Morgan fingerprint density at radius 2 is 2.26 bits per heavy atom. The molecule has 3 heterocycles. The van der Waals surface area contributed by atoms with E-state index in [1.807, 2.05) is 24.4 Å². The topological polar surface area (TPSA) is 63.8 Å². The Morgan fingerprint density at radius 3 is 3.07 bits per heavy atom. The minimum atomic E-state index is -0.126. The first kappa shape index (κ1) is 18.6. The molecule has 0 bridgehead atoms. The number of carbonyl (C=O) groups excluding carboxylic acids is 1. The van der Waals surface area contributed by atoms with E-state index in [2.05, 4.69) is 30.2 Å². The van der Waals surface area contributed by atoms with Gasteiger partial charge in [0.2, 0.25) is 0 Å². The summed E-state index contributed by atoms with van der Waals surface area (Å²) in [5.74, 6) is 0.0848. The van der Waals surface area contributed by atoms with Crippen molar-refractivity contribution in [3.8, 4) is 0 Å². The summed E-state index contributed by atoms with van der Waals surface area (Å²) in [5, 5.41) is 3.46. The molecule has 0 aromatic carbocycles. The standard InChI is InChI=1S/C22H30N2O3/c1-15-6-5-11-22(2)20(27-22)19-17(9-8-15)18(21(25)26-19)14-23-13-10-16-7-3-4-12-24-16/h3-4,6-7,12,17-20,23H,5,8-11,13-14H2,1-2H3/b15-6+/t17-,18-,19-,20-,22+/m0/s1. The molecule has 5 nitrogen and oxygen atoms in total. The van der Waals surface area contributed by atoms with Crippen molar-refractivity contribution in [1.82, 2.24) is 10.3 Å². The van der Waals surface area contributed by atoms with Gasteiger partial charge in [-0.3, -0.25) is 9.78 Å². The molecule has 2 saturated heterocycles. The van der Waals surface area contributed by atoms with Crippen molar-refractivity contribution in [2.45, 2.75) is 63.8 Å². The van der Waals surface area contributed by atoms with Gasteiger partial charge in [0.25, 0.3) is 0 Å². The van der Waals surface area contributed by atoms with E-state index in [1.54, 1.807) is 0 Å². The van der Waals surface area contributed by atoms with Gasteiger partial charge in [-0.05, 0) is 51.7 Å². The van der Waals surface area contributed by atoms with Crippen LogP contribution in [-0.2, 0) is 20.7 Å². The van der Waals surface area contributed by atoms with Crippen molar-refractivity contribution in [2.24, 2.45) is 11.8 Å². The van der Waals surface area contributed by atoms with Crippen LogP contribution in [0.3, 0.4) is 0 Å². The molecular weight excluding hydrogens is 340 g/mol. The predicted octanol–water partition coefficient (Wildman–Crippen LogP) is 3.05. The zero-order chi connectivity index (χ0) is 18.9. The van der Waals surface area contributed by atoms with E-state index < -0.39 is 0 Å². The molecule has 5 atom stereocenters. The number of fused-ring (bicyclic) bond motifs is 3. The molecule has 0 radical (unpaired) electrons. The predicted molar refractivity (Wildman–Crippen MR) is 103 cm³/mol. The number of pyridine rings is 1. The summed E-state index contributed by atoms with van der Waals surface area (Å²) in [4.78, 5) is 17.0. The number of rotatable bonds is 5. The SMILES string of the molecule is C/C1=C\CC[C@@]2(C)O[C@H]2[C@H]2OC(=O)[C@@H](CNCCc3ccccn3)[C@@H]2CC1. The number of ether oxygens (including phenoxy) is 2. The lowest BCUT2D eigenvalue weighted by molar-refractivity contribution is -0.144. The van der Waals surface area contributed by atoms with Crippen LogP contribution in [0.4, 0.5) is 0 Å². The Hall–Kier alpha value is -1.72. The van der Waals surface area contributed by atoms with Crippen LogP contribution in [0, 0.1) is 11.8 Å². The average molecular weight is 370 g/mol. The molecule has 0 amide bonds. The van der Waals surface area contributed by atoms with Gasteiger partial charge in [-0.25, -0.2) is 0 Å². The summed E-state index contributed by atoms with van der Waals surface area (Å²) in [7, 11) is 0. The molecule has 1 aliphatic carbocycles. The van der Waals surface area contributed by atoms with E-state index >= 15 is 0 Å². The Bertz CT molecular complexity index is 705. The number of esters is 1. The first-order chi connectivity index (χ1) is 13.1. The maximum Gasteiger partial charge on any atom is 0.311 e. The van der Waals surface area contributed by atoms with Gasteiger partial charge in [0.15, 0.2) is 0 Å². The highest BCUT2D eigenvalue weighted by Crippen LogP contribution is 2.50. The van der Waals surface area contributed by atoms with E-state index in [1.165, 1.54) is 5.57 Å². The third-order valence-electron chi connectivity index (χ3n) is 6.39. The second kappa shape index (κ2) is 7.72. The van der Waals surface area contributed by atoms with Gasteiger partial charge < -0.3 is 14.8 Å². The van der Waals surface area contributed by atoms with Crippen LogP contribution >= 0.6 is 0 Å². The Kier molecular flexibility index (Phi) is 5.33. The van der Waals surface area contributed by atoms with Crippen molar-refractivity contribution in [3.05, 3.63) is 41.7 Å². The van der Waals surface area contributed by atoms with Crippen molar-refractivity contribution >= 4 is 5.97 Å². The van der Waals surface area contributed by atoms with Crippen molar-refractivity contribution in [1.29, 1.82) is 0 Å². The maximum atomic E-state index is 12.6. The van der Waals surface area contributed by atoms with Gasteiger partial charge in [-0.2, -0.15) is 0 Å². The quantitative estimate of drug-likeness (QED) is 0.374. The number of allylic oxidation sites excluding steroid dienone is 2. The Balaban J connectivity index is 1.38. The molecule has 1 N–H and O–H groups in total. The summed E-state index contributed by atoms with van der Waals surface area (Å²) in [6.07, 6.45) is 9.06. The van der Waals surface area contributed by atoms with Crippen LogP contribution in [-0.4, -0.2) is 41.9 Å². The molecule has 0 saturated carbocycles. The Labute approximate surface area is 161 Å². The molecule has 4 rings (SSSR count). The zero-order valence-electron chi connectivity index (χ0n) is 16.3. The number of epoxide rings is 1. The first-order valence-electron chi connectivity index (χ1n) is 10.2. The molecule has 27 heavy (non-hydrogen) atoms. The largest absolute Gasteiger partial charge is 0.459 e. The molecule has 0 spiro atoms. The number of nitrogens with one attached hydrogen (secondary N) is 1. The van der Waals surface area contributed by atoms with E-state index in [0.717, 1.165) is 44.3 Å². The highest BCUT2D eigenvalue weighted by Gasteiger charge is 2.62. The van der Waals surface area contributed by atoms with E-state index in [-0.39, 0.29) is 35.6 Å². The zero-order valence-corrected chi connectivity index (χ0v) is 16.3. The molecule has 2 aliphatic heterocycles. The number of hydrogen-bond acceptors (Lipinski definition) is 5. The van der Waals surface area contributed by atoms with Crippen LogP contribution in [0.5, 0.6) is 0 Å². The fraction of sp³-hybridized carbons (Fsp3) is 0.636. The molecule has 1 aromatic rings. The first-order valence-corrected chi connectivity index (χ1v) is 10.2. The Morgan fingerprint density at radius 1 is 1.37 bits per heavy atom. The van der Waals surface area contributed by atoms with Crippen LogP contribution < -0.4 is 5.32 Å². The number of carbonyl (C=O) groups is 1. The van der Waals surface area contributed by atoms with Gasteiger partial charge >= 0.3 is 5.97 Å². The summed E-state index contributed by atoms with van der Waals surface area (Å²) in [6, 6.07) is 5.96. The summed E-state index contributed by atoms with van der Waals surface area (Å²) < 4.78 is 11.9. The highest BCUT2D eigenvalue weighted by molar-refractivity contribution is 5.75. The third kappa shape index (κ3) is 4.09. The molecule has 5 heteroatoms. The number of hydrogen-bond donors (Lipinski definition) is 1. The number of nitrogens with zero attached hydrogens (tertiary/aromatic N) is 1. The summed E-state index contributed by atoms with van der Waals surface area (Å²) in [6.45, 7) is 5.83. The lowest BCUT2D eigenvalue weighted by Crippen LogP contribution is -2.35. The fourth-order valence-electron chi connectivity index (χ4n) is 4.59. The molecule has 1 aromatic heterocycles. The van der Waals surface area contributed by atoms with Crippen molar-refractivity contribution < 1.29 is 14.3 Å². The average Bonchev–Trinajstić information content (AvgIpc) is 3.23. The van der Waals surface area contributed by atoms with Gasteiger partial charge in [0.05, 0.1) is 11.5 Å². The summed E-state index contributed by atoms with van der Waals surface area (Å²) in [5.41, 5.74) is 2.36. The molecular formula is C22H30N2O3. The number of aromatic nitrogens is 1. The second-order valence-electron chi connectivity index (χ2n) is 8.43. The van der Waals surface area contributed by atoms with E-state index in [0.29, 0.717) is 6.54 Å². The maximum absolute atomic E-state index is 12.6. The smallest absolute Gasteiger partial charge is 0.311 e. The van der Waals surface area contributed by atoms with Crippen LogP contribution in [0.1, 0.15) is 45.2 Å². The second-order valence-corrected chi connectivity index (χ2v) is 8.43. The minimum Gasteiger partial charge on any atom is -0.459 e. The molecule has 2 fully saturated rings. The lowest BCUT2D eigenvalue weighted by atomic mass is 9.80. The fourth-order valence-corrected chi connectivity index (χ4v) is 4.59. The van der Waals surface area contributed by atoms with Gasteiger partial charge in [0, 0.05) is 37.3 Å². The molecule has 0 unspecified atom stereocenters. The minimum absolute atomic E-state index is 0.0611. The van der Waals surface area contributed by atoms with Gasteiger partial charge in [0.1, 0.15) is 12.2 Å². The molecule has 3 aliphatic rings. The van der Waals surface area contributed by atoms with Crippen molar-refractivity contribution in [2.75, 3.05) is 13.1 Å². The van der Waals surface area contributed by atoms with Crippen LogP contribution in [0.25, 0.3) is 0 Å². The van der Waals surface area contributed by atoms with Crippen molar-refractivity contribution in [3.63, 3.8) is 0 Å². The lowest BCUT2D eigenvalue weighted by Gasteiger charge is -2.22. The van der Waals surface area contributed by atoms with Crippen LogP contribution in [0.2, 0.25) is 0 Å². The van der Waals surface area contributed by atoms with E-state index in [9.17, 15) is 4.79 Å². The highest BCUT2D eigenvalue weighted by atomic mass is 16.6. The molecule has 146 valence electrons. The normalized spacial score (nSPS) is 37.6. The van der Waals surface area contributed by atoms with E-state index in [4.69, 9.17) is 9.47 Å². The van der Waals surface area contributed by atoms with Gasteiger partial charge in [-0.15, -0.1) is 0 Å². The summed E-state index contributed by atoms with van der Waals surface area (Å²) >= 11 is 0. The van der Waals surface area contributed by atoms with Gasteiger partial charge in [-0.1, -0.05) is 17.7 Å². The third-order valence-corrected chi connectivity index (χ3v) is 6.39.